The lowest BCUT2D eigenvalue weighted by Gasteiger charge is -2.16. The van der Waals surface area contributed by atoms with E-state index in [0.717, 1.165) is 27.2 Å². The number of sulfone groups is 1. The normalized spacial score (nSPS) is 16.9. The van der Waals surface area contributed by atoms with Gasteiger partial charge in [-0.25, -0.2) is 18.4 Å². The molecule has 8 nitrogen and oxygen atoms in total. The Kier molecular flexibility index (Phi) is 4.99. The average molecular weight is 487 g/mol. The number of anilines is 2. The Labute approximate surface area is 191 Å². The zero-order valence-electron chi connectivity index (χ0n) is 17.2. The molecule has 0 aliphatic carbocycles. The number of nitrogens with zero attached hydrogens (tertiary/aromatic N) is 3. The largest absolute Gasteiger partial charge is 0.312 e. The molecule has 0 spiro atoms. The predicted octanol–water partition coefficient (Wildman–Crippen LogP) is 3.61. The molecule has 164 valence electrons. The number of fused-ring (bicyclic) bond motifs is 2. The molecule has 1 saturated heterocycles. The van der Waals surface area contributed by atoms with Crippen LogP contribution in [0, 0.1) is 12.8 Å². The highest BCUT2D eigenvalue weighted by molar-refractivity contribution is 7.90. The van der Waals surface area contributed by atoms with Crippen molar-refractivity contribution in [2.75, 3.05) is 23.0 Å². The summed E-state index contributed by atoms with van der Waals surface area (Å²) in [6.07, 6.45) is 1.26. The van der Waals surface area contributed by atoms with E-state index < -0.39 is 15.8 Å². The number of benzene rings is 2. The maximum atomic E-state index is 12.8. The lowest BCUT2D eigenvalue weighted by atomic mass is 10.1. The van der Waals surface area contributed by atoms with E-state index in [-0.39, 0.29) is 29.7 Å². The number of hydrogen-bond acceptors (Lipinski definition) is 8. The van der Waals surface area contributed by atoms with Gasteiger partial charge in [0.1, 0.15) is 0 Å². The Balaban J connectivity index is 1.33. The Bertz CT molecular complexity index is 1510. The molecule has 5 rings (SSSR count). The van der Waals surface area contributed by atoms with Crippen LogP contribution in [0.15, 0.2) is 41.3 Å². The van der Waals surface area contributed by atoms with Crippen molar-refractivity contribution < 1.29 is 18.0 Å². The van der Waals surface area contributed by atoms with Gasteiger partial charge < -0.3 is 10.2 Å². The number of aryl methyl sites for hydroxylation is 1. The van der Waals surface area contributed by atoms with E-state index in [4.69, 9.17) is 0 Å². The molecule has 1 atom stereocenters. The zero-order chi connectivity index (χ0) is 22.6. The predicted molar refractivity (Wildman–Crippen MR) is 126 cm³/mol. The number of hydrogen-bond donors (Lipinski definition) is 1. The smallest absolute Gasteiger partial charge is 0.231 e. The summed E-state index contributed by atoms with van der Waals surface area (Å²) in [6.45, 7) is 2.22. The Morgan fingerprint density at radius 2 is 1.91 bits per heavy atom. The number of nitrogens with one attached hydrogen (secondary N) is 1. The van der Waals surface area contributed by atoms with E-state index in [1.54, 1.807) is 28.4 Å². The molecular formula is C21H18N4O4S3. The van der Waals surface area contributed by atoms with Crippen LogP contribution in [0.4, 0.5) is 10.8 Å². The van der Waals surface area contributed by atoms with Gasteiger partial charge in [-0.1, -0.05) is 11.3 Å². The van der Waals surface area contributed by atoms with Crippen LogP contribution < -0.4 is 10.2 Å². The van der Waals surface area contributed by atoms with Gasteiger partial charge in [-0.2, -0.15) is 0 Å². The van der Waals surface area contributed by atoms with Crippen molar-refractivity contribution in [2.45, 2.75) is 18.2 Å². The second-order valence-electron chi connectivity index (χ2n) is 7.70. The highest BCUT2D eigenvalue weighted by Gasteiger charge is 2.35. The van der Waals surface area contributed by atoms with Crippen LogP contribution in [0.25, 0.3) is 20.4 Å². The van der Waals surface area contributed by atoms with Gasteiger partial charge in [0.05, 0.1) is 36.3 Å². The van der Waals surface area contributed by atoms with Gasteiger partial charge in [-0.3, -0.25) is 9.59 Å². The second-order valence-corrected chi connectivity index (χ2v) is 12.0. The summed E-state index contributed by atoms with van der Waals surface area (Å²) < 4.78 is 25.2. The van der Waals surface area contributed by atoms with Crippen LogP contribution in [0.2, 0.25) is 0 Å². The Hall–Kier alpha value is -2.89. The summed E-state index contributed by atoms with van der Waals surface area (Å²) in [4.78, 5) is 36.1. The molecule has 1 N–H and O–H groups in total. The van der Waals surface area contributed by atoms with E-state index in [9.17, 15) is 18.0 Å². The van der Waals surface area contributed by atoms with Gasteiger partial charge in [0, 0.05) is 24.9 Å². The third-order valence-electron chi connectivity index (χ3n) is 5.30. The molecule has 3 heterocycles. The summed E-state index contributed by atoms with van der Waals surface area (Å²) in [7, 11) is -3.33. The van der Waals surface area contributed by atoms with Gasteiger partial charge in [0.2, 0.25) is 11.8 Å². The van der Waals surface area contributed by atoms with Crippen LogP contribution in [0.5, 0.6) is 0 Å². The van der Waals surface area contributed by atoms with E-state index >= 15 is 0 Å². The molecule has 1 aliphatic heterocycles. The maximum absolute atomic E-state index is 12.8. The number of aromatic nitrogens is 2. The first kappa shape index (κ1) is 21.0. The van der Waals surface area contributed by atoms with Crippen molar-refractivity contribution >= 4 is 75.6 Å². The van der Waals surface area contributed by atoms with E-state index in [2.05, 4.69) is 15.3 Å². The summed E-state index contributed by atoms with van der Waals surface area (Å²) in [6, 6.07) is 10.4. The van der Waals surface area contributed by atoms with Crippen molar-refractivity contribution in [3.63, 3.8) is 0 Å². The van der Waals surface area contributed by atoms with Gasteiger partial charge in [0.25, 0.3) is 0 Å². The van der Waals surface area contributed by atoms with Crippen molar-refractivity contribution in [3.8, 4) is 0 Å². The number of amides is 2. The van der Waals surface area contributed by atoms with Crippen LogP contribution in [0.3, 0.4) is 0 Å². The number of carbonyl (C=O) groups excluding carboxylic acids is 2. The molecule has 11 heteroatoms. The lowest BCUT2D eigenvalue weighted by Crippen LogP contribution is -2.28. The molecule has 32 heavy (non-hydrogen) atoms. The fourth-order valence-electron chi connectivity index (χ4n) is 3.73. The Morgan fingerprint density at radius 1 is 1.09 bits per heavy atom. The SMILES string of the molecule is Cc1nc2cc(N3CC(C(=O)Nc4nc5ccc(S(C)(=O)=O)cc5s4)CC3=O)ccc2s1. The van der Waals surface area contributed by atoms with Gasteiger partial charge in [-0.05, 0) is 43.3 Å². The van der Waals surface area contributed by atoms with Crippen LogP contribution in [-0.4, -0.2) is 43.0 Å². The third kappa shape index (κ3) is 3.87. The van der Waals surface area contributed by atoms with Gasteiger partial charge >= 0.3 is 0 Å². The minimum Gasteiger partial charge on any atom is -0.312 e. The first-order valence-electron chi connectivity index (χ1n) is 9.76. The van der Waals surface area contributed by atoms with Gasteiger partial charge in [0.15, 0.2) is 15.0 Å². The molecule has 1 fully saturated rings. The summed E-state index contributed by atoms with van der Waals surface area (Å²) >= 11 is 2.80. The van der Waals surface area contributed by atoms with Crippen molar-refractivity contribution in [2.24, 2.45) is 5.92 Å². The summed E-state index contributed by atoms with van der Waals surface area (Å²) in [5.74, 6) is -0.902. The van der Waals surface area contributed by atoms with Crippen LogP contribution >= 0.6 is 22.7 Å². The quantitative estimate of drug-likeness (QED) is 0.472. The lowest BCUT2D eigenvalue weighted by molar-refractivity contribution is -0.122. The first-order chi connectivity index (χ1) is 15.2. The van der Waals surface area contributed by atoms with Crippen LogP contribution in [-0.2, 0) is 19.4 Å². The molecule has 2 aromatic carbocycles. The monoisotopic (exact) mass is 486 g/mol. The number of thiazole rings is 2. The minimum absolute atomic E-state index is 0.112. The highest BCUT2D eigenvalue weighted by atomic mass is 32.2. The summed E-state index contributed by atoms with van der Waals surface area (Å²) in [5.41, 5.74) is 2.18. The fourth-order valence-corrected chi connectivity index (χ4v) is 6.17. The van der Waals surface area contributed by atoms with Crippen molar-refractivity contribution in [1.82, 2.24) is 9.97 Å². The molecule has 0 saturated carbocycles. The van der Waals surface area contributed by atoms with E-state index in [1.807, 2.05) is 25.1 Å². The zero-order valence-corrected chi connectivity index (χ0v) is 19.6. The fraction of sp³-hybridized carbons (Fsp3) is 0.238. The van der Waals surface area contributed by atoms with Gasteiger partial charge in [-0.15, -0.1) is 11.3 Å². The Morgan fingerprint density at radius 3 is 2.69 bits per heavy atom. The number of rotatable bonds is 4. The molecule has 2 amide bonds. The molecule has 0 radical (unpaired) electrons. The maximum Gasteiger partial charge on any atom is 0.231 e. The highest BCUT2D eigenvalue weighted by Crippen LogP contribution is 2.32. The minimum atomic E-state index is -3.33. The summed E-state index contributed by atoms with van der Waals surface area (Å²) in [5, 5.41) is 4.12. The van der Waals surface area contributed by atoms with E-state index in [0.29, 0.717) is 15.3 Å². The second kappa shape index (κ2) is 7.61. The molecule has 0 bridgehead atoms. The first-order valence-corrected chi connectivity index (χ1v) is 13.3. The molecule has 4 aromatic rings. The average Bonchev–Trinajstić information content (AvgIpc) is 3.40. The molecule has 2 aromatic heterocycles. The number of carbonyl (C=O) groups is 2. The molecule has 1 aliphatic rings. The molecule has 1 unspecified atom stereocenters. The topological polar surface area (TPSA) is 109 Å². The van der Waals surface area contributed by atoms with Crippen LogP contribution in [0.1, 0.15) is 11.4 Å². The van der Waals surface area contributed by atoms with Crippen molar-refractivity contribution in [1.29, 1.82) is 0 Å². The third-order valence-corrected chi connectivity index (χ3v) is 8.30. The standard InChI is InChI=1S/C21H18N4O4S3/c1-11-22-16-8-13(3-6-17(16)30-11)25-10-12(7-19(25)26)20(27)24-21-23-15-5-4-14(32(2,28)29)9-18(15)31-21/h3-6,8-9,12H,7,10H2,1-2H3,(H,23,24,27). The van der Waals surface area contributed by atoms with E-state index in [1.165, 1.54) is 17.4 Å². The van der Waals surface area contributed by atoms with Crippen molar-refractivity contribution in [3.05, 3.63) is 41.4 Å². The molecular weight excluding hydrogens is 468 g/mol.